The van der Waals surface area contributed by atoms with Gasteiger partial charge in [-0.15, -0.1) is 0 Å². The first-order valence-electron chi connectivity index (χ1n) is 17.4. The molecular weight excluding hydrogens is 662 g/mol. The van der Waals surface area contributed by atoms with E-state index in [0.29, 0.717) is 53.5 Å². The third kappa shape index (κ3) is 6.69. The molecule has 2 fully saturated rings. The Balaban J connectivity index is 1.42. The number of aromatic nitrogens is 2. The van der Waals surface area contributed by atoms with Gasteiger partial charge in [0.2, 0.25) is 17.6 Å². The maximum Gasteiger partial charge on any atom is 0.375 e. The minimum atomic E-state index is -1.19. The summed E-state index contributed by atoms with van der Waals surface area (Å²) in [4.78, 5) is 45.1. The maximum atomic E-state index is 13.3. The lowest BCUT2D eigenvalue weighted by Gasteiger charge is -2.35. The van der Waals surface area contributed by atoms with Gasteiger partial charge in [0.05, 0.1) is 49.3 Å². The van der Waals surface area contributed by atoms with Gasteiger partial charge in [0.25, 0.3) is 0 Å². The molecule has 0 bridgehead atoms. The average Bonchev–Trinajstić information content (AvgIpc) is 3.86. The predicted octanol–water partition coefficient (Wildman–Crippen LogP) is 0.925. The normalized spacial score (nSPS) is 24.3. The Bertz CT molecular complexity index is 1740. The zero-order chi connectivity index (χ0) is 36.4. The van der Waals surface area contributed by atoms with Gasteiger partial charge in [0.15, 0.2) is 6.29 Å². The molecule has 2 saturated heterocycles. The standard InChI is InChI=1S/C35H47N7O9/c1-5-7-8-9-11-35(3,47)23-15-20-26(50-23)22(17-44)28-24(27(20)48-4)19(21(16-43)29(51-28)32(46)49-6-2)10-13-41-14-12-37-34(41)42-18-38-25-30(42)39-33(36)40-31(25)45/h10,12,14,16,23,25,30,33,38-39,44,47H,5-9,11,13,15,17-18,36H2,1-4H3,(H,40,45)/t23-,25-,30+,33+,35-/m0/s1. The number of nitrogens with one attached hydrogen (secondary N) is 3. The molecule has 2 aromatic rings. The van der Waals surface area contributed by atoms with E-state index < -0.39 is 42.8 Å². The van der Waals surface area contributed by atoms with Gasteiger partial charge in [-0.3, -0.25) is 26.0 Å². The Morgan fingerprint density at radius 1 is 1.25 bits per heavy atom. The molecule has 0 saturated carbocycles. The van der Waals surface area contributed by atoms with Crippen molar-refractivity contribution in [3.8, 4) is 17.2 Å². The Kier molecular flexibility index (Phi) is 10.7. The number of anilines is 1. The van der Waals surface area contributed by atoms with Gasteiger partial charge in [-0.2, -0.15) is 0 Å². The summed E-state index contributed by atoms with van der Waals surface area (Å²) < 4.78 is 25.6. The second kappa shape index (κ2) is 15.0. The quantitative estimate of drug-likeness (QED) is 0.0916. The van der Waals surface area contributed by atoms with E-state index in [1.807, 2.05) is 9.47 Å². The number of carbonyl (C=O) groups excluding carboxylic acids is 3. The fourth-order valence-corrected chi connectivity index (χ4v) is 7.29. The van der Waals surface area contributed by atoms with E-state index in [2.05, 4.69) is 27.9 Å². The van der Waals surface area contributed by atoms with Gasteiger partial charge in [-0.25, -0.2) is 9.78 Å². The van der Waals surface area contributed by atoms with Crippen molar-refractivity contribution in [3.63, 3.8) is 0 Å². The summed E-state index contributed by atoms with van der Waals surface area (Å²) in [6.07, 6.45) is 8.51. The number of aliphatic hydroxyl groups excluding tert-OH is 1. The van der Waals surface area contributed by atoms with Crippen LogP contribution in [-0.2, 0) is 38.7 Å². The molecule has 1 aromatic carbocycles. The highest BCUT2D eigenvalue weighted by molar-refractivity contribution is 6.10. The van der Waals surface area contributed by atoms with E-state index in [9.17, 15) is 24.6 Å². The Labute approximate surface area is 295 Å². The number of amides is 1. The molecule has 0 spiro atoms. The largest absolute Gasteiger partial charge is 0.496 e. The zero-order valence-electron chi connectivity index (χ0n) is 29.4. The number of methoxy groups -OCH3 is 1. The number of fused-ring (bicyclic) bond motifs is 3. The van der Waals surface area contributed by atoms with Crippen molar-refractivity contribution in [2.24, 2.45) is 5.73 Å². The molecule has 5 atom stereocenters. The fourth-order valence-electron chi connectivity index (χ4n) is 7.29. The summed E-state index contributed by atoms with van der Waals surface area (Å²) >= 11 is 0. The van der Waals surface area contributed by atoms with Crippen LogP contribution in [-0.4, -0.2) is 88.5 Å². The second-order valence-corrected chi connectivity index (χ2v) is 13.2. The number of ether oxygens (including phenoxy) is 4. The first-order valence-corrected chi connectivity index (χ1v) is 17.4. The number of allylic oxidation sites excluding steroid dienone is 3. The van der Waals surface area contributed by atoms with E-state index >= 15 is 0 Å². The number of hydrogen-bond donors (Lipinski definition) is 6. The van der Waals surface area contributed by atoms with E-state index in [4.69, 9.17) is 24.7 Å². The van der Waals surface area contributed by atoms with Crippen molar-refractivity contribution in [1.29, 1.82) is 0 Å². The number of benzene rings is 1. The minimum absolute atomic E-state index is 0.0301. The molecular formula is C35H47N7O9. The van der Waals surface area contributed by atoms with Crippen LogP contribution in [0.15, 0.2) is 29.8 Å². The van der Waals surface area contributed by atoms with Crippen LogP contribution < -0.4 is 40.8 Å². The van der Waals surface area contributed by atoms with Gasteiger partial charge in [0, 0.05) is 36.5 Å². The molecule has 0 unspecified atom stereocenters. The van der Waals surface area contributed by atoms with Crippen molar-refractivity contribution in [1.82, 2.24) is 25.5 Å². The molecule has 16 heteroatoms. The number of esters is 1. The van der Waals surface area contributed by atoms with E-state index in [-0.39, 0.29) is 48.1 Å². The lowest BCUT2D eigenvalue weighted by Crippen LogP contribution is -2.70. The summed E-state index contributed by atoms with van der Waals surface area (Å²) in [5.41, 5.74) is 6.27. The lowest BCUT2D eigenvalue weighted by molar-refractivity contribution is -0.141. The number of imidazole rings is 1. The molecule has 276 valence electrons. The molecule has 6 rings (SSSR count). The van der Waals surface area contributed by atoms with Crippen LogP contribution in [0, 0.1) is 0 Å². The molecule has 4 aliphatic heterocycles. The van der Waals surface area contributed by atoms with Crippen molar-refractivity contribution < 1.29 is 43.5 Å². The average molecular weight is 710 g/mol. The van der Waals surface area contributed by atoms with Gasteiger partial charge in [-0.05, 0) is 20.3 Å². The van der Waals surface area contributed by atoms with Crippen LogP contribution in [0.4, 0.5) is 5.95 Å². The van der Waals surface area contributed by atoms with Crippen molar-refractivity contribution in [2.45, 2.75) is 103 Å². The SMILES string of the molecule is CCCCCC[C@](C)(O)[C@@H]1Cc2c(c(CO)c3c(c2OC)C(=CCn2ccnc2N2CN[C@@H]4C(=O)N[C@H](N)N[C@@H]42)C(C=O)=C(C(=O)OCC)O3)O1. The molecule has 51 heavy (non-hydrogen) atoms. The lowest BCUT2D eigenvalue weighted by atomic mass is 9.86. The molecule has 4 aliphatic rings. The highest BCUT2D eigenvalue weighted by atomic mass is 16.6. The van der Waals surface area contributed by atoms with Crippen LogP contribution >= 0.6 is 0 Å². The van der Waals surface area contributed by atoms with Crippen molar-refractivity contribution >= 4 is 29.7 Å². The number of nitrogens with zero attached hydrogens (tertiary/aromatic N) is 3. The summed E-state index contributed by atoms with van der Waals surface area (Å²) in [5, 5.41) is 31.3. The zero-order valence-corrected chi connectivity index (χ0v) is 29.4. The molecule has 1 aromatic heterocycles. The summed E-state index contributed by atoms with van der Waals surface area (Å²) in [6.45, 7) is 5.48. The Hall–Kier alpha value is -4.48. The van der Waals surface area contributed by atoms with Gasteiger partial charge < -0.3 is 43.9 Å². The molecule has 7 N–H and O–H groups in total. The highest BCUT2D eigenvalue weighted by Gasteiger charge is 2.46. The number of rotatable bonds is 14. The van der Waals surface area contributed by atoms with Crippen LogP contribution in [0.2, 0.25) is 0 Å². The molecule has 0 aliphatic carbocycles. The molecule has 1 amide bonds. The number of unbranched alkanes of at least 4 members (excludes halogenated alkanes) is 3. The number of nitrogens with two attached hydrogens (primary N) is 1. The van der Waals surface area contributed by atoms with Crippen molar-refractivity contribution in [2.75, 3.05) is 25.3 Å². The van der Waals surface area contributed by atoms with Crippen LogP contribution in [0.25, 0.3) is 5.57 Å². The summed E-state index contributed by atoms with van der Waals surface area (Å²) in [6, 6.07) is -0.557. The Morgan fingerprint density at radius 3 is 2.76 bits per heavy atom. The van der Waals surface area contributed by atoms with Crippen LogP contribution in [0.5, 0.6) is 17.2 Å². The number of carbonyl (C=O) groups is 3. The van der Waals surface area contributed by atoms with Crippen molar-refractivity contribution in [3.05, 3.63) is 46.5 Å². The minimum Gasteiger partial charge on any atom is -0.496 e. The summed E-state index contributed by atoms with van der Waals surface area (Å²) in [7, 11) is 1.48. The third-order valence-corrected chi connectivity index (χ3v) is 9.89. The number of aldehydes is 1. The first kappa shape index (κ1) is 36.3. The molecule has 16 nitrogen and oxygen atoms in total. The third-order valence-electron chi connectivity index (χ3n) is 9.89. The number of aliphatic hydroxyl groups is 2. The van der Waals surface area contributed by atoms with E-state index in [0.717, 1.165) is 25.7 Å². The summed E-state index contributed by atoms with van der Waals surface area (Å²) in [5.74, 6) is -0.195. The number of hydrogen-bond acceptors (Lipinski definition) is 14. The van der Waals surface area contributed by atoms with Gasteiger partial charge in [0.1, 0.15) is 41.8 Å². The monoisotopic (exact) mass is 709 g/mol. The fraction of sp³-hybridized carbons (Fsp3) is 0.543. The molecule has 0 radical (unpaired) electrons. The van der Waals surface area contributed by atoms with Gasteiger partial charge >= 0.3 is 5.97 Å². The predicted molar refractivity (Wildman–Crippen MR) is 184 cm³/mol. The second-order valence-electron chi connectivity index (χ2n) is 13.2. The van der Waals surface area contributed by atoms with Gasteiger partial charge in [-0.1, -0.05) is 38.7 Å². The highest BCUT2D eigenvalue weighted by Crippen LogP contribution is 2.54. The maximum absolute atomic E-state index is 13.3. The first-order chi connectivity index (χ1) is 24.6. The van der Waals surface area contributed by atoms with Crippen LogP contribution in [0.1, 0.15) is 69.6 Å². The topological polar surface area (TPSA) is 212 Å². The van der Waals surface area contributed by atoms with E-state index in [1.165, 1.54) is 7.11 Å². The Morgan fingerprint density at radius 2 is 2.06 bits per heavy atom. The van der Waals surface area contributed by atoms with Crippen LogP contribution in [0.3, 0.4) is 0 Å². The smallest absolute Gasteiger partial charge is 0.375 e. The van der Waals surface area contributed by atoms with E-state index in [1.54, 1.807) is 32.3 Å². The molecule has 5 heterocycles.